The molecule has 0 saturated heterocycles. The Bertz CT molecular complexity index is 701. The van der Waals surface area contributed by atoms with Gasteiger partial charge in [-0.1, -0.05) is 0 Å². The molecule has 0 atom stereocenters. The number of benzene rings is 1. The van der Waals surface area contributed by atoms with Gasteiger partial charge in [-0.3, -0.25) is 4.79 Å². The van der Waals surface area contributed by atoms with Crippen LogP contribution in [0.15, 0.2) is 23.6 Å². The zero-order valence-electron chi connectivity index (χ0n) is 15.2. The summed E-state index contributed by atoms with van der Waals surface area (Å²) in [6, 6.07) is 5.68. The number of carbonyl (C=O) groups excluding carboxylic acids is 1. The van der Waals surface area contributed by atoms with E-state index in [1.807, 2.05) is 37.7 Å². The molecule has 0 spiro atoms. The topological polar surface area (TPSA) is 63.7 Å². The second-order valence-corrected chi connectivity index (χ2v) is 6.76. The molecule has 2 rings (SSSR count). The zero-order valence-corrected chi connectivity index (χ0v) is 16.0. The summed E-state index contributed by atoms with van der Waals surface area (Å²) in [6.07, 6.45) is 1.23. The molecule has 0 fully saturated rings. The summed E-state index contributed by atoms with van der Waals surface area (Å²) in [5, 5.41) is 5.71. The molecular formula is C18H25N3O3S. The van der Waals surface area contributed by atoms with Crippen molar-refractivity contribution in [3.05, 3.63) is 29.3 Å². The Kier molecular flexibility index (Phi) is 7.21. The molecule has 0 bridgehead atoms. The van der Waals surface area contributed by atoms with Crippen LogP contribution in [0.25, 0.3) is 10.6 Å². The highest BCUT2D eigenvalue weighted by atomic mass is 32.1. The van der Waals surface area contributed by atoms with E-state index >= 15 is 0 Å². The summed E-state index contributed by atoms with van der Waals surface area (Å²) in [5.74, 6) is 1.35. The minimum absolute atomic E-state index is 0.00270. The number of nitrogens with zero attached hydrogens (tertiary/aromatic N) is 2. The van der Waals surface area contributed by atoms with E-state index in [1.165, 1.54) is 11.3 Å². The Morgan fingerprint density at radius 3 is 2.68 bits per heavy atom. The lowest BCUT2D eigenvalue weighted by Crippen LogP contribution is -2.28. The summed E-state index contributed by atoms with van der Waals surface area (Å²) in [4.78, 5) is 18.7. The number of carbonyl (C=O) groups is 1. The maximum atomic E-state index is 12.0. The molecule has 0 aliphatic carbocycles. The van der Waals surface area contributed by atoms with E-state index in [2.05, 4.69) is 15.2 Å². The highest BCUT2D eigenvalue weighted by molar-refractivity contribution is 7.13. The van der Waals surface area contributed by atoms with Gasteiger partial charge in [0.15, 0.2) is 11.5 Å². The molecule has 1 heterocycles. The van der Waals surface area contributed by atoms with E-state index in [4.69, 9.17) is 9.47 Å². The average Bonchev–Trinajstić information content (AvgIpc) is 3.06. The van der Waals surface area contributed by atoms with Crippen LogP contribution in [-0.4, -0.2) is 57.2 Å². The second-order valence-electron chi connectivity index (χ2n) is 5.90. The minimum Gasteiger partial charge on any atom is -0.493 e. The standard InChI is InChI=1S/C18H25N3O3S/c1-21(2)9-5-8-19-17(22)11-14-12-25-18(20-14)13-6-7-15(23-3)16(10-13)24-4/h6-7,10,12H,5,8-9,11H2,1-4H3,(H,19,22). The molecular weight excluding hydrogens is 338 g/mol. The van der Waals surface area contributed by atoms with Gasteiger partial charge in [0.2, 0.25) is 5.91 Å². The summed E-state index contributed by atoms with van der Waals surface area (Å²) in [7, 11) is 7.26. The van der Waals surface area contributed by atoms with Crippen LogP contribution >= 0.6 is 11.3 Å². The first-order valence-corrected chi connectivity index (χ1v) is 8.99. The third kappa shape index (κ3) is 5.72. The molecule has 136 valence electrons. The molecule has 0 aliphatic heterocycles. The highest BCUT2D eigenvalue weighted by Gasteiger charge is 2.11. The quantitative estimate of drug-likeness (QED) is 0.693. The van der Waals surface area contributed by atoms with E-state index < -0.39 is 0 Å². The first kappa shape index (κ1) is 19.2. The van der Waals surface area contributed by atoms with E-state index in [0.717, 1.165) is 29.2 Å². The van der Waals surface area contributed by atoms with Gasteiger partial charge in [-0.2, -0.15) is 0 Å². The smallest absolute Gasteiger partial charge is 0.226 e. The van der Waals surface area contributed by atoms with Gasteiger partial charge in [0.25, 0.3) is 0 Å². The SMILES string of the molecule is COc1ccc(-c2nc(CC(=O)NCCCN(C)C)cs2)cc1OC. The Morgan fingerprint density at radius 2 is 2.00 bits per heavy atom. The Morgan fingerprint density at radius 1 is 1.24 bits per heavy atom. The fourth-order valence-electron chi connectivity index (χ4n) is 2.34. The molecule has 0 radical (unpaired) electrons. The monoisotopic (exact) mass is 363 g/mol. The second kappa shape index (κ2) is 9.39. The molecule has 0 aliphatic rings. The lowest BCUT2D eigenvalue weighted by Gasteiger charge is -2.09. The van der Waals surface area contributed by atoms with Gasteiger partial charge in [-0.15, -0.1) is 11.3 Å². The summed E-state index contributed by atoms with van der Waals surface area (Å²) >= 11 is 1.52. The van der Waals surface area contributed by atoms with Crippen molar-refractivity contribution in [2.45, 2.75) is 12.8 Å². The van der Waals surface area contributed by atoms with Crippen molar-refractivity contribution < 1.29 is 14.3 Å². The van der Waals surface area contributed by atoms with Crippen LogP contribution in [0.4, 0.5) is 0 Å². The van der Waals surface area contributed by atoms with Crippen molar-refractivity contribution in [3.8, 4) is 22.1 Å². The number of nitrogens with one attached hydrogen (secondary N) is 1. The Hall–Kier alpha value is -2.12. The number of hydrogen-bond acceptors (Lipinski definition) is 6. The lowest BCUT2D eigenvalue weighted by molar-refractivity contribution is -0.120. The first-order chi connectivity index (χ1) is 12.0. The van der Waals surface area contributed by atoms with Crippen molar-refractivity contribution in [2.24, 2.45) is 0 Å². The van der Waals surface area contributed by atoms with Gasteiger partial charge in [-0.05, 0) is 45.3 Å². The molecule has 25 heavy (non-hydrogen) atoms. The number of methoxy groups -OCH3 is 2. The number of amides is 1. The molecule has 6 nitrogen and oxygen atoms in total. The predicted molar refractivity (Wildman–Crippen MR) is 101 cm³/mol. The van der Waals surface area contributed by atoms with E-state index in [9.17, 15) is 4.79 Å². The van der Waals surface area contributed by atoms with Crippen molar-refractivity contribution in [1.29, 1.82) is 0 Å². The fraction of sp³-hybridized carbons (Fsp3) is 0.444. The van der Waals surface area contributed by atoms with Gasteiger partial charge in [0.05, 0.1) is 26.3 Å². The molecule has 7 heteroatoms. The maximum absolute atomic E-state index is 12.0. The van der Waals surface area contributed by atoms with Crippen LogP contribution in [0.3, 0.4) is 0 Å². The van der Waals surface area contributed by atoms with Gasteiger partial charge in [0.1, 0.15) is 5.01 Å². The molecule has 1 aromatic carbocycles. The molecule has 1 aromatic heterocycles. The van der Waals surface area contributed by atoms with Crippen LogP contribution in [-0.2, 0) is 11.2 Å². The van der Waals surface area contributed by atoms with Gasteiger partial charge < -0.3 is 19.7 Å². The number of ether oxygens (including phenoxy) is 2. The molecule has 0 saturated carbocycles. The number of hydrogen-bond donors (Lipinski definition) is 1. The minimum atomic E-state index is 0.00270. The van der Waals surface area contributed by atoms with Gasteiger partial charge in [-0.25, -0.2) is 4.98 Å². The van der Waals surface area contributed by atoms with Crippen LogP contribution in [0.2, 0.25) is 0 Å². The van der Waals surface area contributed by atoms with E-state index in [0.29, 0.717) is 24.5 Å². The lowest BCUT2D eigenvalue weighted by atomic mass is 10.2. The predicted octanol–water partition coefficient (Wildman–Crippen LogP) is 2.44. The van der Waals surface area contributed by atoms with E-state index in [1.54, 1.807) is 14.2 Å². The van der Waals surface area contributed by atoms with Gasteiger partial charge >= 0.3 is 0 Å². The fourth-order valence-corrected chi connectivity index (χ4v) is 3.16. The van der Waals surface area contributed by atoms with E-state index in [-0.39, 0.29) is 5.91 Å². The van der Waals surface area contributed by atoms with Crippen molar-refractivity contribution in [2.75, 3.05) is 41.4 Å². The molecule has 1 amide bonds. The van der Waals surface area contributed by atoms with Gasteiger partial charge in [0, 0.05) is 17.5 Å². The third-order valence-corrected chi connectivity index (χ3v) is 4.57. The Balaban J connectivity index is 1.94. The largest absolute Gasteiger partial charge is 0.493 e. The maximum Gasteiger partial charge on any atom is 0.226 e. The van der Waals surface area contributed by atoms with Crippen LogP contribution in [0, 0.1) is 0 Å². The van der Waals surface area contributed by atoms with Crippen molar-refractivity contribution >= 4 is 17.2 Å². The number of aromatic nitrogens is 1. The zero-order chi connectivity index (χ0) is 18.2. The normalized spacial score (nSPS) is 10.8. The molecule has 2 aromatic rings. The Labute approximate surface area is 152 Å². The third-order valence-electron chi connectivity index (χ3n) is 3.63. The van der Waals surface area contributed by atoms with Crippen LogP contribution in [0.5, 0.6) is 11.5 Å². The van der Waals surface area contributed by atoms with Crippen LogP contribution < -0.4 is 14.8 Å². The first-order valence-electron chi connectivity index (χ1n) is 8.11. The molecule has 1 N–H and O–H groups in total. The van der Waals surface area contributed by atoms with Crippen molar-refractivity contribution in [3.63, 3.8) is 0 Å². The number of rotatable bonds is 9. The molecule has 0 unspecified atom stereocenters. The van der Waals surface area contributed by atoms with Crippen molar-refractivity contribution in [1.82, 2.24) is 15.2 Å². The van der Waals surface area contributed by atoms with Crippen LogP contribution in [0.1, 0.15) is 12.1 Å². The summed E-state index contributed by atoms with van der Waals surface area (Å²) < 4.78 is 10.6. The highest BCUT2D eigenvalue weighted by Crippen LogP contribution is 2.33. The average molecular weight is 363 g/mol. The number of thiazole rings is 1. The summed E-state index contributed by atoms with van der Waals surface area (Å²) in [5.41, 5.74) is 1.72. The summed E-state index contributed by atoms with van der Waals surface area (Å²) in [6.45, 7) is 1.64.